The molecule has 1 N–H and O–H groups in total. The van der Waals surface area contributed by atoms with Crippen LogP contribution in [0.15, 0.2) is 72.8 Å². The second kappa shape index (κ2) is 8.91. The van der Waals surface area contributed by atoms with Crippen LogP contribution in [0.1, 0.15) is 23.6 Å². The first kappa shape index (κ1) is 21.5. The summed E-state index contributed by atoms with van der Waals surface area (Å²) in [5.41, 5.74) is 5.52. The number of benzene rings is 3. The van der Waals surface area contributed by atoms with Crippen LogP contribution < -0.4 is 9.64 Å². The van der Waals surface area contributed by atoms with Gasteiger partial charge in [-0.05, 0) is 52.9 Å². The number of methoxy groups -OCH3 is 1. The van der Waals surface area contributed by atoms with Crippen LogP contribution in [0.4, 0.5) is 5.69 Å². The molecule has 2 heterocycles. The summed E-state index contributed by atoms with van der Waals surface area (Å²) in [5, 5.41) is 10.2. The molecule has 2 aliphatic rings. The van der Waals surface area contributed by atoms with Gasteiger partial charge in [-0.25, -0.2) is 0 Å². The zero-order valence-electron chi connectivity index (χ0n) is 19.1. The Labute approximate surface area is 195 Å². The number of aliphatic hydroxyl groups is 1. The van der Waals surface area contributed by atoms with Crippen molar-refractivity contribution >= 4 is 11.6 Å². The summed E-state index contributed by atoms with van der Waals surface area (Å²) in [7, 11) is 3.72. The predicted octanol–water partition coefficient (Wildman–Crippen LogP) is 4.31. The molecule has 3 aromatic carbocycles. The van der Waals surface area contributed by atoms with Crippen LogP contribution in [0.25, 0.3) is 11.1 Å². The smallest absolute Gasteiger partial charge is 0.227 e. The highest BCUT2D eigenvalue weighted by atomic mass is 16.5. The molecule has 0 aromatic heterocycles. The van der Waals surface area contributed by atoms with Gasteiger partial charge in [-0.15, -0.1) is 0 Å². The first-order valence-electron chi connectivity index (χ1n) is 11.6. The van der Waals surface area contributed by atoms with Gasteiger partial charge in [0.25, 0.3) is 0 Å². The molecule has 2 aliphatic heterocycles. The maximum atomic E-state index is 13.4. The number of ether oxygens (including phenoxy) is 1. The van der Waals surface area contributed by atoms with Crippen molar-refractivity contribution in [3.63, 3.8) is 0 Å². The molecule has 33 heavy (non-hydrogen) atoms. The molecule has 0 radical (unpaired) electrons. The topological polar surface area (TPSA) is 53.0 Å². The van der Waals surface area contributed by atoms with Crippen LogP contribution in [-0.2, 0) is 11.2 Å². The van der Waals surface area contributed by atoms with Gasteiger partial charge in [0.05, 0.1) is 32.2 Å². The SMILES string of the molecule is COc1ccc(-c2ccc3c(c2)[C@@H]2[C@@H](CCN2C(=O)Cc2ccccc2)[C@@H](CO)N3C)cc1. The molecule has 5 rings (SSSR count). The van der Waals surface area contributed by atoms with Crippen molar-refractivity contribution < 1.29 is 14.6 Å². The molecule has 0 saturated carbocycles. The van der Waals surface area contributed by atoms with E-state index >= 15 is 0 Å². The van der Waals surface area contributed by atoms with Crippen molar-refractivity contribution in [3.8, 4) is 16.9 Å². The molecule has 0 spiro atoms. The van der Waals surface area contributed by atoms with Crippen LogP contribution in [0.3, 0.4) is 0 Å². The average Bonchev–Trinajstić information content (AvgIpc) is 3.30. The molecule has 3 aromatic rings. The van der Waals surface area contributed by atoms with Crippen molar-refractivity contribution in [2.45, 2.75) is 24.9 Å². The number of likely N-dealkylation sites (tertiary alicyclic amines) is 1. The monoisotopic (exact) mass is 442 g/mol. The number of fused-ring (bicyclic) bond motifs is 3. The van der Waals surface area contributed by atoms with Gasteiger partial charge in [0, 0.05) is 25.2 Å². The Balaban J connectivity index is 1.53. The van der Waals surface area contributed by atoms with Crippen LogP contribution in [-0.4, -0.2) is 49.3 Å². The molecule has 170 valence electrons. The molecule has 1 saturated heterocycles. The Morgan fingerprint density at radius 2 is 1.76 bits per heavy atom. The molecule has 1 amide bonds. The molecule has 0 unspecified atom stereocenters. The van der Waals surface area contributed by atoms with E-state index in [-0.39, 0.29) is 30.5 Å². The van der Waals surface area contributed by atoms with Crippen molar-refractivity contribution in [2.75, 3.05) is 32.2 Å². The largest absolute Gasteiger partial charge is 0.497 e. The Morgan fingerprint density at radius 1 is 1.03 bits per heavy atom. The lowest BCUT2D eigenvalue weighted by molar-refractivity contribution is -0.132. The minimum atomic E-state index is -0.0252. The second-order valence-corrected chi connectivity index (χ2v) is 9.01. The normalized spacial score (nSPS) is 21.5. The summed E-state index contributed by atoms with van der Waals surface area (Å²) in [6.45, 7) is 0.801. The number of likely N-dealkylation sites (N-methyl/N-ethyl adjacent to an activating group) is 1. The lowest BCUT2D eigenvalue weighted by Crippen LogP contribution is -2.48. The van der Waals surface area contributed by atoms with Crippen molar-refractivity contribution in [1.82, 2.24) is 4.90 Å². The molecule has 1 fully saturated rings. The van der Waals surface area contributed by atoms with E-state index in [1.54, 1.807) is 7.11 Å². The van der Waals surface area contributed by atoms with E-state index in [9.17, 15) is 9.90 Å². The van der Waals surface area contributed by atoms with Gasteiger partial charge in [0.15, 0.2) is 0 Å². The van der Waals surface area contributed by atoms with Crippen LogP contribution in [0.5, 0.6) is 5.75 Å². The first-order valence-corrected chi connectivity index (χ1v) is 11.6. The number of nitrogens with zero attached hydrogens (tertiary/aromatic N) is 2. The van der Waals surface area contributed by atoms with Gasteiger partial charge in [-0.3, -0.25) is 4.79 Å². The third kappa shape index (κ3) is 3.87. The van der Waals surface area contributed by atoms with E-state index in [0.717, 1.165) is 41.1 Å². The molecule has 5 nitrogen and oxygen atoms in total. The minimum Gasteiger partial charge on any atom is -0.497 e. The maximum absolute atomic E-state index is 13.4. The average molecular weight is 443 g/mol. The second-order valence-electron chi connectivity index (χ2n) is 9.01. The summed E-state index contributed by atoms with van der Waals surface area (Å²) in [6, 6.07) is 24.5. The number of carbonyl (C=O) groups excluding carboxylic acids is 1. The quantitative estimate of drug-likeness (QED) is 0.640. The van der Waals surface area contributed by atoms with E-state index < -0.39 is 0 Å². The van der Waals surface area contributed by atoms with Gasteiger partial charge in [0.2, 0.25) is 5.91 Å². The van der Waals surface area contributed by atoms with Crippen molar-refractivity contribution in [3.05, 3.63) is 83.9 Å². The third-order valence-corrected chi connectivity index (χ3v) is 7.29. The molecule has 0 aliphatic carbocycles. The lowest BCUT2D eigenvalue weighted by atomic mass is 9.81. The van der Waals surface area contributed by atoms with Crippen molar-refractivity contribution in [2.24, 2.45) is 5.92 Å². The Hall–Kier alpha value is -3.31. The highest BCUT2D eigenvalue weighted by molar-refractivity contribution is 5.81. The van der Waals surface area contributed by atoms with Gasteiger partial charge in [-0.1, -0.05) is 48.5 Å². The number of carbonyl (C=O) groups is 1. The van der Waals surface area contributed by atoms with Crippen molar-refractivity contribution in [1.29, 1.82) is 0 Å². The Kier molecular flexibility index (Phi) is 5.81. The molecular formula is C28H30N2O3. The van der Waals surface area contributed by atoms with Gasteiger partial charge >= 0.3 is 0 Å². The van der Waals surface area contributed by atoms with E-state index in [4.69, 9.17) is 4.74 Å². The van der Waals surface area contributed by atoms with E-state index in [0.29, 0.717) is 6.42 Å². The minimum absolute atomic E-state index is 0.00358. The van der Waals surface area contributed by atoms with E-state index in [2.05, 4.69) is 42.3 Å². The highest BCUT2D eigenvalue weighted by Crippen LogP contribution is 2.49. The van der Waals surface area contributed by atoms with Gasteiger partial charge < -0.3 is 19.6 Å². The molecular weight excluding hydrogens is 412 g/mol. The van der Waals surface area contributed by atoms with E-state index in [1.807, 2.05) is 47.4 Å². The highest BCUT2D eigenvalue weighted by Gasteiger charge is 2.47. The lowest BCUT2D eigenvalue weighted by Gasteiger charge is -2.44. The number of rotatable bonds is 5. The van der Waals surface area contributed by atoms with Gasteiger partial charge in [-0.2, -0.15) is 0 Å². The number of hydrogen-bond acceptors (Lipinski definition) is 4. The first-order chi connectivity index (χ1) is 16.1. The fourth-order valence-corrected chi connectivity index (χ4v) is 5.57. The summed E-state index contributed by atoms with van der Waals surface area (Å²) < 4.78 is 5.31. The Bertz CT molecular complexity index is 1130. The summed E-state index contributed by atoms with van der Waals surface area (Å²) in [6.07, 6.45) is 1.30. The Morgan fingerprint density at radius 3 is 2.45 bits per heavy atom. The fraction of sp³-hybridized carbons (Fsp3) is 0.321. The summed E-state index contributed by atoms with van der Waals surface area (Å²) in [4.78, 5) is 17.7. The zero-order chi connectivity index (χ0) is 22.9. The third-order valence-electron chi connectivity index (χ3n) is 7.29. The number of anilines is 1. The van der Waals surface area contributed by atoms with E-state index in [1.165, 1.54) is 5.56 Å². The van der Waals surface area contributed by atoms with Crippen LogP contribution in [0.2, 0.25) is 0 Å². The fourth-order valence-electron chi connectivity index (χ4n) is 5.57. The number of amides is 1. The maximum Gasteiger partial charge on any atom is 0.227 e. The molecule has 3 atom stereocenters. The standard InChI is InChI=1S/C28H30N2O3/c1-29-25-13-10-21(20-8-11-22(33-2)12-9-20)17-24(25)28-23(26(29)18-31)14-15-30(28)27(32)16-19-6-4-3-5-7-19/h3-13,17,23,26,28,31H,14-16,18H2,1-2H3/t23-,26+,28-/m0/s1. The van der Waals surface area contributed by atoms with Gasteiger partial charge in [0.1, 0.15) is 5.75 Å². The molecule has 5 heteroatoms. The summed E-state index contributed by atoms with van der Waals surface area (Å²) in [5.74, 6) is 1.19. The number of hydrogen-bond donors (Lipinski definition) is 1. The number of aliphatic hydroxyl groups excluding tert-OH is 1. The van der Waals surface area contributed by atoms with Crippen LogP contribution >= 0.6 is 0 Å². The zero-order valence-corrected chi connectivity index (χ0v) is 19.1. The molecule has 0 bridgehead atoms. The van der Waals surface area contributed by atoms with Crippen LogP contribution in [0, 0.1) is 5.92 Å². The summed E-state index contributed by atoms with van der Waals surface area (Å²) >= 11 is 0. The predicted molar refractivity (Wildman–Crippen MR) is 130 cm³/mol.